The van der Waals surface area contributed by atoms with Gasteiger partial charge >= 0.3 is 0 Å². The Morgan fingerprint density at radius 1 is 1.16 bits per heavy atom. The Labute approximate surface area is 111 Å². The summed E-state index contributed by atoms with van der Waals surface area (Å²) in [5.74, 6) is 0.900. The number of aryl methyl sites for hydroxylation is 1. The molecule has 1 aromatic heterocycles. The van der Waals surface area contributed by atoms with Crippen LogP contribution in [0.15, 0.2) is 41.3 Å². The van der Waals surface area contributed by atoms with Crippen molar-refractivity contribution in [3.8, 4) is 5.88 Å². The third kappa shape index (κ3) is 3.19. The van der Waals surface area contributed by atoms with Crippen LogP contribution in [0.2, 0.25) is 0 Å². The topological polar surface area (TPSA) is 81.2 Å². The Morgan fingerprint density at radius 2 is 1.84 bits per heavy atom. The van der Waals surface area contributed by atoms with Gasteiger partial charge in [-0.25, -0.2) is 13.4 Å². The SMILES string of the molecule is COc1cc(NS(=O)(=O)c2ccccc2)nc(C)n1. The van der Waals surface area contributed by atoms with Gasteiger partial charge in [0.15, 0.2) is 0 Å². The van der Waals surface area contributed by atoms with Crippen molar-refractivity contribution in [1.82, 2.24) is 9.97 Å². The molecular formula is C12H13N3O3S. The fraction of sp³-hybridized carbons (Fsp3) is 0.167. The highest BCUT2D eigenvalue weighted by Crippen LogP contribution is 2.17. The molecule has 0 saturated heterocycles. The predicted octanol–water partition coefficient (Wildman–Crippen LogP) is 1.59. The van der Waals surface area contributed by atoms with Crippen molar-refractivity contribution in [2.24, 2.45) is 0 Å². The third-order valence-corrected chi connectivity index (χ3v) is 3.69. The lowest BCUT2D eigenvalue weighted by molar-refractivity contribution is 0.396. The van der Waals surface area contributed by atoms with Crippen LogP contribution >= 0.6 is 0 Å². The fourth-order valence-electron chi connectivity index (χ4n) is 1.49. The number of hydrogen-bond donors (Lipinski definition) is 1. The quantitative estimate of drug-likeness (QED) is 0.919. The monoisotopic (exact) mass is 279 g/mol. The van der Waals surface area contributed by atoms with E-state index in [4.69, 9.17) is 4.74 Å². The zero-order valence-corrected chi connectivity index (χ0v) is 11.3. The van der Waals surface area contributed by atoms with E-state index in [2.05, 4.69) is 14.7 Å². The maximum Gasteiger partial charge on any atom is 0.263 e. The van der Waals surface area contributed by atoms with E-state index < -0.39 is 10.0 Å². The second-order valence-corrected chi connectivity index (χ2v) is 5.44. The minimum atomic E-state index is -3.65. The largest absolute Gasteiger partial charge is 0.481 e. The molecule has 1 aromatic carbocycles. The van der Waals surface area contributed by atoms with Crippen LogP contribution in [0, 0.1) is 6.92 Å². The van der Waals surface area contributed by atoms with Crippen LogP contribution in [-0.2, 0) is 10.0 Å². The first-order valence-electron chi connectivity index (χ1n) is 5.49. The van der Waals surface area contributed by atoms with E-state index in [1.54, 1.807) is 25.1 Å². The van der Waals surface area contributed by atoms with Gasteiger partial charge in [0.1, 0.15) is 11.6 Å². The van der Waals surface area contributed by atoms with Crippen LogP contribution in [0.5, 0.6) is 5.88 Å². The van der Waals surface area contributed by atoms with E-state index in [0.717, 1.165) is 0 Å². The first-order chi connectivity index (χ1) is 9.01. The summed E-state index contributed by atoms with van der Waals surface area (Å²) in [4.78, 5) is 8.17. The maximum absolute atomic E-state index is 12.1. The molecule has 0 spiro atoms. The summed E-state index contributed by atoms with van der Waals surface area (Å²) in [7, 11) is -2.20. The lowest BCUT2D eigenvalue weighted by atomic mass is 10.4. The number of sulfonamides is 1. The molecule has 0 bridgehead atoms. The molecule has 0 aliphatic carbocycles. The van der Waals surface area contributed by atoms with Crippen LogP contribution in [-0.4, -0.2) is 25.5 Å². The molecule has 100 valence electrons. The van der Waals surface area contributed by atoms with Crippen LogP contribution in [0.4, 0.5) is 5.82 Å². The van der Waals surface area contributed by atoms with E-state index >= 15 is 0 Å². The van der Waals surface area contributed by atoms with E-state index in [1.165, 1.54) is 25.3 Å². The molecule has 1 N–H and O–H groups in total. The van der Waals surface area contributed by atoms with Crippen molar-refractivity contribution in [3.05, 3.63) is 42.2 Å². The van der Waals surface area contributed by atoms with E-state index in [-0.39, 0.29) is 10.7 Å². The maximum atomic E-state index is 12.1. The van der Waals surface area contributed by atoms with Crippen molar-refractivity contribution < 1.29 is 13.2 Å². The highest BCUT2D eigenvalue weighted by Gasteiger charge is 2.15. The van der Waals surface area contributed by atoms with Crippen molar-refractivity contribution in [1.29, 1.82) is 0 Å². The molecule has 2 rings (SSSR count). The summed E-state index contributed by atoms with van der Waals surface area (Å²) in [6, 6.07) is 9.49. The second kappa shape index (κ2) is 5.23. The molecule has 0 saturated carbocycles. The number of methoxy groups -OCH3 is 1. The summed E-state index contributed by atoms with van der Waals surface area (Å²) in [5, 5.41) is 0. The number of ether oxygens (including phenoxy) is 1. The van der Waals surface area contributed by atoms with Crippen molar-refractivity contribution >= 4 is 15.8 Å². The Morgan fingerprint density at radius 3 is 2.47 bits per heavy atom. The minimum Gasteiger partial charge on any atom is -0.481 e. The molecule has 0 amide bonds. The van der Waals surface area contributed by atoms with Gasteiger partial charge in [-0.05, 0) is 19.1 Å². The summed E-state index contributed by atoms with van der Waals surface area (Å²) in [6.45, 7) is 1.66. The van der Waals surface area contributed by atoms with Gasteiger partial charge in [0.05, 0.1) is 12.0 Å². The molecule has 0 unspecified atom stereocenters. The first kappa shape index (κ1) is 13.3. The number of nitrogens with zero attached hydrogens (tertiary/aromatic N) is 2. The van der Waals surface area contributed by atoms with Crippen LogP contribution in [0.3, 0.4) is 0 Å². The average molecular weight is 279 g/mol. The van der Waals surface area contributed by atoms with E-state index in [1.807, 2.05) is 0 Å². The average Bonchev–Trinajstić information content (AvgIpc) is 2.38. The van der Waals surface area contributed by atoms with Crippen molar-refractivity contribution in [3.63, 3.8) is 0 Å². The standard InChI is InChI=1S/C12H13N3O3S/c1-9-13-11(8-12(14-9)18-2)15-19(16,17)10-6-4-3-5-7-10/h3-8H,1-2H3,(H,13,14,15). The van der Waals surface area contributed by atoms with Gasteiger partial charge in [0.25, 0.3) is 10.0 Å². The fourth-order valence-corrected chi connectivity index (χ4v) is 2.51. The molecule has 0 aliphatic rings. The van der Waals surface area contributed by atoms with Crippen molar-refractivity contribution in [2.75, 3.05) is 11.8 Å². The predicted molar refractivity (Wildman–Crippen MR) is 70.6 cm³/mol. The minimum absolute atomic E-state index is 0.172. The molecule has 6 nitrogen and oxygen atoms in total. The number of hydrogen-bond acceptors (Lipinski definition) is 5. The Balaban J connectivity index is 2.33. The number of anilines is 1. The molecule has 1 heterocycles. The summed E-state index contributed by atoms with van der Waals surface area (Å²) in [6.07, 6.45) is 0. The summed E-state index contributed by atoms with van der Waals surface area (Å²) in [5.41, 5.74) is 0. The lowest BCUT2D eigenvalue weighted by Crippen LogP contribution is -2.14. The number of benzene rings is 1. The molecular weight excluding hydrogens is 266 g/mol. The molecule has 0 aliphatic heterocycles. The Bertz CT molecular complexity index is 672. The highest BCUT2D eigenvalue weighted by molar-refractivity contribution is 7.92. The van der Waals surface area contributed by atoms with Gasteiger partial charge in [-0.2, -0.15) is 4.98 Å². The summed E-state index contributed by atoms with van der Waals surface area (Å²) < 4.78 is 31.6. The van der Waals surface area contributed by atoms with E-state index in [0.29, 0.717) is 11.7 Å². The first-order valence-corrected chi connectivity index (χ1v) is 6.97. The molecule has 0 radical (unpaired) electrons. The second-order valence-electron chi connectivity index (χ2n) is 3.76. The van der Waals surface area contributed by atoms with E-state index in [9.17, 15) is 8.42 Å². The van der Waals surface area contributed by atoms with Gasteiger partial charge in [-0.3, -0.25) is 4.72 Å². The number of rotatable bonds is 4. The Hall–Kier alpha value is -2.15. The van der Waals surface area contributed by atoms with Crippen LogP contribution < -0.4 is 9.46 Å². The number of nitrogens with one attached hydrogen (secondary N) is 1. The molecule has 7 heteroatoms. The van der Waals surface area contributed by atoms with Gasteiger partial charge in [-0.1, -0.05) is 18.2 Å². The smallest absolute Gasteiger partial charge is 0.263 e. The lowest BCUT2D eigenvalue weighted by Gasteiger charge is -2.08. The molecule has 2 aromatic rings. The molecule has 0 fully saturated rings. The Kier molecular flexibility index (Phi) is 3.66. The van der Waals surface area contributed by atoms with Gasteiger partial charge < -0.3 is 4.74 Å². The third-order valence-electron chi connectivity index (χ3n) is 2.32. The zero-order valence-electron chi connectivity index (χ0n) is 10.5. The van der Waals surface area contributed by atoms with Crippen LogP contribution in [0.1, 0.15) is 5.82 Å². The van der Waals surface area contributed by atoms with Crippen molar-refractivity contribution in [2.45, 2.75) is 11.8 Å². The van der Waals surface area contributed by atoms with Gasteiger partial charge in [0, 0.05) is 6.07 Å². The summed E-state index contributed by atoms with van der Waals surface area (Å²) >= 11 is 0. The molecule has 19 heavy (non-hydrogen) atoms. The molecule has 0 atom stereocenters. The number of aromatic nitrogens is 2. The normalized spacial score (nSPS) is 11.1. The highest BCUT2D eigenvalue weighted by atomic mass is 32.2. The van der Waals surface area contributed by atoms with Gasteiger partial charge in [0.2, 0.25) is 5.88 Å². The zero-order chi connectivity index (χ0) is 13.9. The van der Waals surface area contributed by atoms with Gasteiger partial charge in [-0.15, -0.1) is 0 Å². The van der Waals surface area contributed by atoms with Crippen LogP contribution in [0.25, 0.3) is 0 Å².